The minimum atomic E-state index is 0.420. The van der Waals surface area contributed by atoms with E-state index in [0.717, 1.165) is 29.4 Å². The number of rotatable bonds is 1. The van der Waals surface area contributed by atoms with Crippen LogP contribution in [0.1, 0.15) is 18.4 Å². The van der Waals surface area contributed by atoms with Crippen molar-refractivity contribution in [1.29, 1.82) is 0 Å². The van der Waals surface area contributed by atoms with Crippen LogP contribution in [0.5, 0.6) is 5.75 Å². The molecule has 0 radical (unpaired) electrons. The van der Waals surface area contributed by atoms with E-state index in [1.165, 1.54) is 18.5 Å². The number of aryl methyl sites for hydroxylation is 1. The average molecular weight is 227 g/mol. The number of hydrogen-bond acceptors (Lipinski definition) is 2. The van der Waals surface area contributed by atoms with Gasteiger partial charge in [0.1, 0.15) is 5.75 Å². The van der Waals surface area contributed by atoms with Gasteiger partial charge in [0.15, 0.2) is 0 Å². The Morgan fingerprint density at radius 3 is 2.53 bits per heavy atom. The molecular formula is C15H17NO. The fraction of sp³-hybridized carbons (Fsp3) is 0.333. The van der Waals surface area contributed by atoms with Gasteiger partial charge in [0.05, 0.1) is 0 Å². The summed E-state index contributed by atoms with van der Waals surface area (Å²) < 4.78 is 0. The molecule has 88 valence electrons. The van der Waals surface area contributed by atoms with E-state index in [1.54, 1.807) is 0 Å². The van der Waals surface area contributed by atoms with Crippen molar-refractivity contribution in [2.45, 2.75) is 19.8 Å². The summed E-state index contributed by atoms with van der Waals surface area (Å²) in [6.45, 7) is 4.21. The Morgan fingerprint density at radius 1 is 1.00 bits per heavy atom. The molecule has 1 aliphatic rings. The van der Waals surface area contributed by atoms with Crippen LogP contribution in [-0.2, 0) is 0 Å². The Kier molecular flexibility index (Phi) is 2.43. The average Bonchev–Trinajstić information content (AvgIpc) is 2.87. The summed E-state index contributed by atoms with van der Waals surface area (Å²) in [5.74, 6) is 0.420. The van der Waals surface area contributed by atoms with Gasteiger partial charge in [0.2, 0.25) is 0 Å². The second-order valence-electron chi connectivity index (χ2n) is 4.80. The molecule has 2 nitrogen and oxygen atoms in total. The van der Waals surface area contributed by atoms with E-state index in [9.17, 15) is 5.11 Å². The molecule has 0 aliphatic carbocycles. The van der Waals surface area contributed by atoms with Gasteiger partial charge in [-0.1, -0.05) is 24.3 Å². The molecule has 17 heavy (non-hydrogen) atoms. The summed E-state index contributed by atoms with van der Waals surface area (Å²) in [5, 5.41) is 12.2. The van der Waals surface area contributed by atoms with E-state index in [0.29, 0.717) is 5.75 Å². The van der Waals surface area contributed by atoms with Gasteiger partial charge in [-0.05, 0) is 31.4 Å². The van der Waals surface area contributed by atoms with Crippen molar-refractivity contribution >= 4 is 16.5 Å². The van der Waals surface area contributed by atoms with Crippen molar-refractivity contribution in [3.8, 4) is 5.75 Å². The third-order valence-corrected chi connectivity index (χ3v) is 3.66. The van der Waals surface area contributed by atoms with Crippen molar-refractivity contribution in [3.05, 3.63) is 35.9 Å². The molecular weight excluding hydrogens is 210 g/mol. The Balaban J connectivity index is 2.22. The Bertz CT molecular complexity index is 556. The minimum absolute atomic E-state index is 0.420. The van der Waals surface area contributed by atoms with Gasteiger partial charge in [-0.3, -0.25) is 0 Å². The topological polar surface area (TPSA) is 23.5 Å². The summed E-state index contributed by atoms with van der Waals surface area (Å²) >= 11 is 0. The van der Waals surface area contributed by atoms with Crippen LogP contribution < -0.4 is 4.90 Å². The van der Waals surface area contributed by atoms with Gasteiger partial charge in [-0.25, -0.2) is 0 Å². The van der Waals surface area contributed by atoms with Crippen LogP contribution in [0.15, 0.2) is 30.3 Å². The number of hydrogen-bond donors (Lipinski definition) is 1. The summed E-state index contributed by atoms with van der Waals surface area (Å²) in [6.07, 6.45) is 2.54. The Morgan fingerprint density at radius 2 is 1.76 bits per heavy atom. The highest BCUT2D eigenvalue weighted by Gasteiger charge is 2.15. The van der Waals surface area contributed by atoms with Crippen LogP contribution in [0.4, 0.5) is 5.69 Å². The van der Waals surface area contributed by atoms with Crippen molar-refractivity contribution in [1.82, 2.24) is 0 Å². The van der Waals surface area contributed by atoms with Crippen LogP contribution in [0, 0.1) is 6.92 Å². The van der Waals surface area contributed by atoms with E-state index in [1.807, 2.05) is 25.1 Å². The van der Waals surface area contributed by atoms with Gasteiger partial charge in [0, 0.05) is 29.5 Å². The Labute approximate surface area is 101 Å². The molecule has 1 heterocycles. The molecule has 1 aliphatic heterocycles. The minimum Gasteiger partial charge on any atom is -0.507 e. The lowest BCUT2D eigenvalue weighted by Crippen LogP contribution is -2.17. The molecule has 0 spiro atoms. The number of nitrogens with zero attached hydrogens (tertiary/aromatic N) is 1. The zero-order valence-electron chi connectivity index (χ0n) is 10.1. The number of benzene rings is 2. The number of phenols is 1. The fourth-order valence-electron chi connectivity index (χ4n) is 2.67. The van der Waals surface area contributed by atoms with E-state index >= 15 is 0 Å². The summed E-state index contributed by atoms with van der Waals surface area (Å²) in [4.78, 5) is 2.41. The highest BCUT2D eigenvalue weighted by Crippen LogP contribution is 2.35. The molecule has 0 unspecified atom stereocenters. The first-order chi connectivity index (χ1) is 8.27. The Hall–Kier alpha value is -1.70. The van der Waals surface area contributed by atoms with Crippen molar-refractivity contribution in [2.75, 3.05) is 18.0 Å². The normalized spacial score (nSPS) is 15.7. The summed E-state index contributed by atoms with van der Waals surface area (Å²) in [5.41, 5.74) is 2.20. The van der Waals surface area contributed by atoms with Gasteiger partial charge in [0.25, 0.3) is 0 Å². The van der Waals surface area contributed by atoms with Crippen molar-refractivity contribution < 1.29 is 5.11 Å². The zero-order chi connectivity index (χ0) is 11.8. The maximum absolute atomic E-state index is 10.1. The molecule has 1 fully saturated rings. The van der Waals surface area contributed by atoms with Crippen LogP contribution in [0.25, 0.3) is 10.8 Å². The molecule has 2 aromatic carbocycles. The third-order valence-electron chi connectivity index (χ3n) is 3.66. The number of anilines is 1. The van der Waals surface area contributed by atoms with Crippen molar-refractivity contribution in [2.24, 2.45) is 0 Å². The van der Waals surface area contributed by atoms with E-state index in [-0.39, 0.29) is 0 Å². The van der Waals surface area contributed by atoms with Crippen LogP contribution >= 0.6 is 0 Å². The SMILES string of the molecule is Cc1ccc2c(N3CCCC3)cccc2c1O. The van der Waals surface area contributed by atoms with Crippen molar-refractivity contribution in [3.63, 3.8) is 0 Å². The summed E-state index contributed by atoms with van der Waals surface area (Å²) in [7, 11) is 0. The zero-order valence-corrected chi connectivity index (χ0v) is 10.1. The number of phenolic OH excluding ortho intramolecular Hbond substituents is 1. The molecule has 0 saturated carbocycles. The van der Waals surface area contributed by atoms with Crippen LogP contribution in [0.3, 0.4) is 0 Å². The highest BCUT2D eigenvalue weighted by atomic mass is 16.3. The van der Waals surface area contributed by atoms with E-state index < -0.39 is 0 Å². The maximum atomic E-state index is 10.1. The number of fused-ring (bicyclic) bond motifs is 1. The molecule has 0 amide bonds. The lowest BCUT2D eigenvalue weighted by Gasteiger charge is -2.20. The molecule has 0 atom stereocenters. The standard InChI is InChI=1S/C15H17NO/c1-11-7-8-12-13(15(11)17)5-4-6-14(12)16-9-2-3-10-16/h4-8,17H,2-3,9-10H2,1H3. The second-order valence-corrected chi connectivity index (χ2v) is 4.80. The predicted octanol–water partition coefficient (Wildman–Crippen LogP) is 3.45. The van der Waals surface area contributed by atoms with Crippen LogP contribution in [0.2, 0.25) is 0 Å². The lowest BCUT2D eigenvalue weighted by atomic mass is 10.0. The van der Waals surface area contributed by atoms with E-state index in [4.69, 9.17) is 0 Å². The lowest BCUT2D eigenvalue weighted by molar-refractivity contribution is 0.477. The van der Waals surface area contributed by atoms with Gasteiger partial charge >= 0.3 is 0 Å². The third kappa shape index (κ3) is 1.64. The molecule has 1 N–H and O–H groups in total. The van der Waals surface area contributed by atoms with E-state index in [2.05, 4.69) is 17.0 Å². The highest BCUT2D eigenvalue weighted by molar-refractivity contribution is 5.98. The molecule has 0 bridgehead atoms. The quantitative estimate of drug-likeness (QED) is 0.806. The monoisotopic (exact) mass is 227 g/mol. The first-order valence-corrected chi connectivity index (χ1v) is 6.23. The number of aromatic hydroxyl groups is 1. The van der Waals surface area contributed by atoms with Gasteiger partial charge in [-0.15, -0.1) is 0 Å². The molecule has 2 heteroatoms. The molecule has 2 aromatic rings. The first-order valence-electron chi connectivity index (χ1n) is 6.23. The van der Waals surface area contributed by atoms with Gasteiger partial charge in [-0.2, -0.15) is 0 Å². The molecule has 0 aromatic heterocycles. The van der Waals surface area contributed by atoms with Crippen LogP contribution in [-0.4, -0.2) is 18.2 Å². The largest absolute Gasteiger partial charge is 0.507 e. The second kappa shape index (κ2) is 3.95. The first kappa shape index (κ1) is 10.5. The van der Waals surface area contributed by atoms with Gasteiger partial charge < -0.3 is 10.0 Å². The predicted molar refractivity (Wildman–Crippen MR) is 71.8 cm³/mol. The molecule has 3 rings (SSSR count). The fourth-order valence-corrected chi connectivity index (χ4v) is 2.67. The smallest absolute Gasteiger partial charge is 0.126 e. The summed E-state index contributed by atoms with van der Waals surface area (Å²) in [6, 6.07) is 10.3. The molecule has 1 saturated heterocycles. The maximum Gasteiger partial charge on any atom is 0.126 e.